The first-order chi connectivity index (χ1) is 7.18. The molecule has 0 aliphatic rings. The zero-order chi connectivity index (χ0) is 11.1. The van der Waals surface area contributed by atoms with Crippen molar-refractivity contribution >= 4 is 24.0 Å². The Morgan fingerprint density at radius 3 is 2.60 bits per heavy atom. The minimum absolute atomic E-state index is 0.567. The van der Waals surface area contributed by atoms with Gasteiger partial charge in [-0.25, -0.2) is 4.79 Å². The van der Waals surface area contributed by atoms with Crippen LogP contribution in [0.25, 0.3) is 0 Å². The summed E-state index contributed by atoms with van der Waals surface area (Å²) in [7, 11) is 0. The first-order valence-electron chi connectivity index (χ1n) is 3.98. The van der Waals surface area contributed by atoms with E-state index < -0.39 is 12.1 Å². The van der Waals surface area contributed by atoms with E-state index in [1.165, 1.54) is 0 Å². The Bertz CT molecular complexity index is 375. The molecular weight excluding hydrogens is 200 g/mol. The predicted molar refractivity (Wildman–Crippen MR) is 52.7 cm³/mol. The second-order valence-electron chi connectivity index (χ2n) is 2.45. The van der Waals surface area contributed by atoms with Gasteiger partial charge in [-0.2, -0.15) is 0 Å². The van der Waals surface area contributed by atoms with Crippen LogP contribution in [0.1, 0.15) is 0 Å². The molecule has 0 bridgehead atoms. The summed E-state index contributed by atoms with van der Waals surface area (Å²) in [6.07, 6.45) is -0.833. The minimum Gasteiger partial charge on any atom is -0.448 e. The Hall–Kier alpha value is -2.37. The zero-order valence-electron chi connectivity index (χ0n) is 7.58. The average molecular weight is 208 g/mol. The van der Waals surface area contributed by atoms with Crippen LogP contribution in [0.4, 0.5) is 10.5 Å². The van der Waals surface area contributed by atoms with Gasteiger partial charge < -0.3 is 10.4 Å². The van der Waals surface area contributed by atoms with E-state index in [2.05, 4.69) is 15.3 Å². The van der Waals surface area contributed by atoms with E-state index in [-0.39, 0.29) is 0 Å². The highest BCUT2D eigenvalue weighted by atomic mass is 16.7. The topological polar surface area (TPSA) is 88.0 Å². The Labute approximate surface area is 85.2 Å². The highest BCUT2D eigenvalue weighted by molar-refractivity contribution is 6.31. The maximum atomic E-state index is 11.1. The Kier molecular flexibility index (Phi) is 3.84. The molecule has 2 N–H and O–H groups in total. The van der Waals surface area contributed by atoms with Crippen molar-refractivity contribution in [2.24, 2.45) is 5.16 Å². The smallest absolute Gasteiger partial charge is 0.448 e. The maximum Gasteiger partial charge on any atom is 0.532 e. The molecule has 6 nitrogen and oxygen atoms in total. The second kappa shape index (κ2) is 5.38. The molecular formula is C9H8N2O4. The Morgan fingerprint density at radius 1 is 1.33 bits per heavy atom. The van der Waals surface area contributed by atoms with Crippen LogP contribution >= 0.6 is 0 Å². The molecule has 1 aromatic carbocycles. The van der Waals surface area contributed by atoms with Gasteiger partial charge in [0, 0.05) is 5.69 Å². The average Bonchev–Trinajstić information content (AvgIpc) is 2.18. The first-order valence-corrected chi connectivity index (χ1v) is 3.98. The molecule has 6 heteroatoms. The number of benzene rings is 1. The largest absolute Gasteiger partial charge is 0.532 e. The van der Waals surface area contributed by atoms with E-state index in [4.69, 9.17) is 5.11 Å². The molecule has 78 valence electrons. The van der Waals surface area contributed by atoms with Crippen LogP contribution in [0, 0.1) is 0 Å². The van der Waals surface area contributed by atoms with Gasteiger partial charge in [-0.1, -0.05) is 23.4 Å². The molecule has 1 aromatic rings. The van der Waals surface area contributed by atoms with Crippen LogP contribution in [0.3, 0.4) is 0 Å². The van der Waals surface area contributed by atoms with Crippen molar-refractivity contribution in [2.75, 3.05) is 5.32 Å². The summed E-state index contributed by atoms with van der Waals surface area (Å²) in [5, 5.41) is 13.4. The number of rotatable bonds is 3. The Morgan fingerprint density at radius 2 is 2.00 bits per heavy atom. The van der Waals surface area contributed by atoms with Crippen molar-refractivity contribution in [2.45, 2.75) is 0 Å². The first kappa shape index (κ1) is 10.7. The number of amides is 1. The minimum atomic E-state index is -1.57. The summed E-state index contributed by atoms with van der Waals surface area (Å²) in [4.78, 5) is 24.7. The van der Waals surface area contributed by atoms with Gasteiger partial charge >= 0.3 is 6.16 Å². The maximum absolute atomic E-state index is 11.1. The number of nitrogens with zero attached hydrogens (tertiary/aromatic N) is 1. The van der Waals surface area contributed by atoms with Gasteiger partial charge in [0.1, 0.15) is 6.21 Å². The van der Waals surface area contributed by atoms with Crippen molar-refractivity contribution in [1.82, 2.24) is 0 Å². The van der Waals surface area contributed by atoms with Gasteiger partial charge in [0.05, 0.1) is 0 Å². The number of hydrogen-bond acceptors (Lipinski definition) is 4. The van der Waals surface area contributed by atoms with E-state index in [1.54, 1.807) is 30.3 Å². The molecule has 0 aliphatic carbocycles. The van der Waals surface area contributed by atoms with Gasteiger partial charge in [0.25, 0.3) is 5.91 Å². The fourth-order valence-electron chi connectivity index (χ4n) is 0.815. The summed E-state index contributed by atoms with van der Waals surface area (Å²) in [5.41, 5.74) is 0.587. The quantitative estimate of drug-likeness (QED) is 0.445. The zero-order valence-corrected chi connectivity index (χ0v) is 7.58. The van der Waals surface area contributed by atoms with Crippen molar-refractivity contribution in [3.63, 3.8) is 0 Å². The molecule has 0 saturated heterocycles. The highest BCUT2D eigenvalue weighted by Crippen LogP contribution is 2.03. The standard InChI is InChI=1S/C9H8N2O4/c12-8(6-10-15-9(13)14)11-7-4-2-1-3-5-7/h1-6H,(H,11,12)(H,13,14)/b10-6+. The molecule has 0 atom stereocenters. The molecule has 0 aromatic heterocycles. The summed E-state index contributed by atoms with van der Waals surface area (Å²) >= 11 is 0. The lowest BCUT2D eigenvalue weighted by Crippen LogP contribution is -2.13. The van der Waals surface area contributed by atoms with Crippen molar-refractivity contribution < 1.29 is 19.5 Å². The van der Waals surface area contributed by atoms with Crippen molar-refractivity contribution in [1.29, 1.82) is 0 Å². The third-order valence-electron chi connectivity index (χ3n) is 1.34. The third kappa shape index (κ3) is 4.41. The van der Waals surface area contributed by atoms with Crippen molar-refractivity contribution in [3.05, 3.63) is 30.3 Å². The van der Waals surface area contributed by atoms with Crippen LogP contribution in [0.15, 0.2) is 35.5 Å². The summed E-state index contributed by atoms with van der Waals surface area (Å²) in [6.45, 7) is 0. The normalized spacial score (nSPS) is 9.87. The number of nitrogens with one attached hydrogen (secondary N) is 1. The van der Waals surface area contributed by atoms with Gasteiger partial charge in [-0.15, -0.1) is 0 Å². The number of carbonyl (C=O) groups excluding carboxylic acids is 1. The summed E-state index contributed by atoms with van der Waals surface area (Å²) < 4.78 is 0. The van der Waals surface area contributed by atoms with Crippen LogP contribution in [0.5, 0.6) is 0 Å². The second-order valence-corrected chi connectivity index (χ2v) is 2.45. The van der Waals surface area contributed by atoms with Crippen LogP contribution in [-0.4, -0.2) is 23.4 Å². The predicted octanol–water partition coefficient (Wildman–Crippen LogP) is 1.31. The molecule has 15 heavy (non-hydrogen) atoms. The number of anilines is 1. The number of para-hydroxylation sites is 1. The van der Waals surface area contributed by atoms with E-state index in [1.807, 2.05) is 0 Å². The lowest BCUT2D eigenvalue weighted by molar-refractivity contribution is -0.110. The molecule has 0 saturated carbocycles. The SMILES string of the molecule is O=C(/C=N/OC(=O)O)Nc1ccccc1. The van der Waals surface area contributed by atoms with Crippen LogP contribution in [0.2, 0.25) is 0 Å². The molecule has 0 fully saturated rings. The molecule has 1 rings (SSSR count). The van der Waals surface area contributed by atoms with Crippen molar-refractivity contribution in [3.8, 4) is 0 Å². The lowest BCUT2D eigenvalue weighted by Gasteiger charge is -1.99. The summed E-state index contributed by atoms with van der Waals surface area (Å²) in [5.74, 6) is -0.567. The highest BCUT2D eigenvalue weighted by Gasteiger charge is 1.98. The van der Waals surface area contributed by atoms with E-state index >= 15 is 0 Å². The molecule has 0 heterocycles. The van der Waals surface area contributed by atoms with Crippen LogP contribution < -0.4 is 5.32 Å². The van der Waals surface area contributed by atoms with E-state index in [0.29, 0.717) is 5.69 Å². The molecule has 1 amide bonds. The van der Waals surface area contributed by atoms with Gasteiger partial charge in [0.15, 0.2) is 0 Å². The number of hydrogen-bond donors (Lipinski definition) is 2. The lowest BCUT2D eigenvalue weighted by atomic mass is 10.3. The molecule has 0 unspecified atom stereocenters. The summed E-state index contributed by atoms with van der Waals surface area (Å²) in [6, 6.07) is 8.67. The van der Waals surface area contributed by atoms with Gasteiger partial charge in [0.2, 0.25) is 0 Å². The fraction of sp³-hybridized carbons (Fsp3) is 0. The fourth-order valence-corrected chi connectivity index (χ4v) is 0.815. The van der Waals surface area contributed by atoms with Gasteiger partial charge in [-0.05, 0) is 12.1 Å². The number of carbonyl (C=O) groups is 2. The molecule has 0 spiro atoms. The molecule has 0 aliphatic heterocycles. The molecule has 0 radical (unpaired) electrons. The number of oxime groups is 1. The third-order valence-corrected chi connectivity index (χ3v) is 1.34. The van der Waals surface area contributed by atoms with E-state index in [0.717, 1.165) is 6.21 Å². The number of carboxylic acid groups (broad SMARTS) is 1. The Balaban J connectivity index is 2.43. The van der Waals surface area contributed by atoms with Gasteiger partial charge in [-0.3, -0.25) is 9.63 Å². The van der Waals surface area contributed by atoms with E-state index in [9.17, 15) is 9.59 Å². The van der Waals surface area contributed by atoms with Crippen LogP contribution in [-0.2, 0) is 9.63 Å². The monoisotopic (exact) mass is 208 g/mol.